The lowest BCUT2D eigenvalue weighted by atomic mass is 10.1. The highest BCUT2D eigenvalue weighted by atomic mass is 79.9. The quantitative estimate of drug-likeness (QED) is 0.533. The van der Waals surface area contributed by atoms with Crippen LogP contribution in [0.1, 0.15) is 25.7 Å². The van der Waals surface area contributed by atoms with Crippen LogP contribution in [0, 0.1) is 17.7 Å². The number of hydrogen-bond acceptors (Lipinski definition) is 3. The Balaban J connectivity index is 1.62. The highest BCUT2D eigenvalue weighted by Gasteiger charge is 2.37. The van der Waals surface area contributed by atoms with Gasteiger partial charge >= 0.3 is 6.03 Å². The summed E-state index contributed by atoms with van der Waals surface area (Å²) >= 11 is 9.02. The molecule has 1 aliphatic carbocycles. The number of anilines is 1. The van der Waals surface area contributed by atoms with Crippen LogP contribution < -0.4 is 16.2 Å². The van der Waals surface area contributed by atoms with Crippen molar-refractivity contribution >= 4 is 51.1 Å². The number of urea groups is 1. The number of amides is 4. The zero-order valence-electron chi connectivity index (χ0n) is 14.4. The van der Waals surface area contributed by atoms with E-state index in [2.05, 4.69) is 21.4 Å². The van der Waals surface area contributed by atoms with E-state index in [-0.39, 0.29) is 34.9 Å². The fraction of sp³-hybridized carbons (Fsp3) is 0.471. The molecule has 2 fully saturated rings. The van der Waals surface area contributed by atoms with E-state index in [1.807, 2.05) is 0 Å². The van der Waals surface area contributed by atoms with Crippen molar-refractivity contribution in [2.24, 2.45) is 17.6 Å². The maximum absolute atomic E-state index is 14.2. The fourth-order valence-electron chi connectivity index (χ4n) is 3.14. The third-order valence-electron chi connectivity index (χ3n) is 4.69. The van der Waals surface area contributed by atoms with Crippen LogP contribution >= 0.6 is 27.5 Å². The Kier molecular flexibility index (Phi) is 5.90. The maximum atomic E-state index is 14.2. The van der Waals surface area contributed by atoms with Crippen LogP contribution in [0.3, 0.4) is 0 Å². The van der Waals surface area contributed by atoms with Crippen molar-refractivity contribution in [1.82, 2.24) is 10.3 Å². The summed E-state index contributed by atoms with van der Waals surface area (Å²) in [6.07, 6.45) is 2.69. The van der Waals surface area contributed by atoms with Crippen LogP contribution in [0.15, 0.2) is 16.6 Å². The molecule has 0 radical (unpaired) electrons. The second-order valence-corrected chi connectivity index (χ2v) is 8.11. The molecule has 3 N–H and O–H groups in total. The van der Waals surface area contributed by atoms with Crippen LogP contribution in [-0.2, 0) is 9.59 Å². The smallest absolute Gasteiger partial charge is 0.338 e. The number of nitrogens with one attached hydrogen (secondary N) is 1. The Bertz CT molecular complexity index is 790. The Hall–Kier alpha value is -1.87. The van der Waals surface area contributed by atoms with Gasteiger partial charge in [-0.05, 0) is 53.2 Å². The normalized spacial score (nSPS) is 19.1. The Morgan fingerprint density at radius 3 is 2.67 bits per heavy atom. The van der Waals surface area contributed by atoms with Crippen LogP contribution in [0.2, 0.25) is 5.02 Å². The molecule has 7 nitrogen and oxygen atoms in total. The molecule has 27 heavy (non-hydrogen) atoms. The van der Waals surface area contributed by atoms with E-state index in [1.54, 1.807) is 4.90 Å². The monoisotopic (exact) mass is 460 g/mol. The van der Waals surface area contributed by atoms with Crippen molar-refractivity contribution in [3.63, 3.8) is 0 Å². The lowest BCUT2D eigenvalue weighted by molar-refractivity contribution is -0.132. The van der Waals surface area contributed by atoms with Gasteiger partial charge in [0.25, 0.3) is 0 Å². The number of carbonyl (C=O) groups is 3. The molecule has 1 heterocycles. The second-order valence-electron chi connectivity index (χ2n) is 6.84. The van der Waals surface area contributed by atoms with E-state index in [9.17, 15) is 18.8 Å². The number of nitrogens with zero attached hydrogens (tertiary/aromatic N) is 2. The molecule has 4 amide bonds. The van der Waals surface area contributed by atoms with Gasteiger partial charge in [0.15, 0.2) is 0 Å². The van der Waals surface area contributed by atoms with E-state index in [0.29, 0.717) is 29.0 Å². The molecule has 10 heteroatoms. The lowest BCUT2D eigenvalue weighted by Crippen LogP contribution is -2.50. The third-order valence-corrected chi connectivity index (χ3v) is 5.88. The van der Waals surface area contributed by atoms with Gasteiger partial charge in [0.05, 0.1) is 5.02 Å². The van der Waals surface area contributed by atoms with Gasteiger partial charge in [-0.3, -0.25) is 15.0 Å². The first-order valence-corrected chi connectivity index (χ1v) is 9.75. The number of nitrogens with two attached hydrogens (primary N) is 1. The number of primary amides is 1. The van der Waals surface area contributed by atoms with Crippen molar-refractivity contribution in [3.05, 3.63) is 27.4 Å². The minimum absolute atomic E-state index is 0.0132. The van der Waals surface area contributed by atoms with Crippen molar-refractivity contribution < 1.29 is 18.8 Å². The molecule has 146 valence electrons. The van der Waals surface area contributed by atoms with Crippen molar-refractivity contribution in [2.75, 3.05) is 18.1 Å². The molecule has 0 unspecified atom stereocenters. The molecule has 1 aromatic rings. The summed E-state index contributed by atoms with van der Waals surface area (Å²) in [7, 11) is 0. The molecule has 3 rings (SSSR count). The number of hydrogen-bond donors (Lipinski definition) is 2. The number of benzene rings is 1. The summed E-state index contributed by atoms with van der Waals surface area (Å²) in [5, 5.41) is 0.801. The van der Waals surface area contributed by atoms with E-state index in [0.717, 1.165) is 18.9 Å². The fourth-order valence-corrected chi connectivity index (χ4v) is 3.61. The molecular formula is C17H19BrClFN4O3. The van der Waals surface area contributed by atoms with Gasteiger partial charge in [0, 0.05) is 29.9 Å². The predicted molar refractivity (Wildman–Crippen MR) is 101 cm³/mol. The molecule has 0 bridgehead atoms. The molecule has 1 saturated heterocycles. The molecule has 2 aliphatic rings. The number of hydrazine groups is 1. The van der Waals surface area contributed by atoms with Gasteiger partial charge in [0.1, 0.15) is 11.5 Å². The Morgan fingerprint density at radius 2 is 2.04 bits per heavy atom. The lowest BCUT2D eigenvalue weighted by Gasteiger charge is -2.23. The first-order chi connectivity index (χ1) is 12.8. The van der Waals surface area contributed by atoms with Crippen molar-refractivity contribution in [3.8, 4) is 0 Å². The zero-order chi connectivity index (χ0) is 19.7. The van der Waals surface area contributed by atoms with Crippen LogP contribution in [0.25, 0.3) is 0 Å². The molecule has 1 aliphatic heterocycles. The van der Waals surface area contributed by atoms with E-state index in [1.165, 1.54) is 6.07 Å². The van der Waals surface area contributed by atoms with Crippen LogP contribution in [0.5, 0.6) is 0 Å². The summed E-state index contributed by atoms with van der Waals surface area (Å²) in [5.74, 6) is -0.970. The molecule has 1 atom stereocenters. The molecule has 1 aromatic carbocycles. The molecule has 1 saturated carbocycles. The standard InChI is InChI=1S/C17H19BrClFN4O3/c18-11-6-13(20)14(7-12(11)19)24(17(21)27)22-15(25)5-9-3-4-23(8-9)16(26)10-1-2-10/h6-7,9-10H,1-5,8H2,(H2,21,27)(H,22,25)/t9-/m0/s1. The van der Waals surface area contributed by atoms with Gasteiger partial charge in [-0.15, -0.1) is 0 Å². The average molecular weight is 462 g/mol. The summed E-state index contributed by atoms with van der Waals surface area (Å²) in [5.41, 5.74) is 7.36. The number of rotatable bonds is 4. The van der Waals surface area contributed by atoms with Gasteiger partial charge in [0.2, 0.25) is 11.8 Å². The minimum atomic E-state index is -1.04. The van der Waals surface area contributed by atoms with Gasteiger partial charge in [-0.1, -0.05) is 11.6 Å². The van der Waals surface area contributed by atoms with Crippen molar-refractivity contribution in [2.45, 2.75) is 25.7 Å². The first kappa shape index (κ1) is 19.9. The van der Waals surface area contributed by atoms with Crippen LogP contribution in [0.4, 0.5) is 14.9 Å². The largest absolute Gasteiger partial charge is 0.350 e. The second kappa shape index (κ2) is 8.02. The predicted octanol–water partition coefficient (Wildman–Crippen LogP) is 2.81. The average Bonchev–Trinajstić information content (AvgIpc) is 3.35. The summed E-state index contributed by atoms with van der Waals surface area (Å²) < 4.78 is 14.5. The summed E-state index contributed by atoms with van der Waals surface area (Å²) in [6.45, 7) is 1.14. The number of halogens is 3. The minimum Gasteiger partial charge on any atom is -0.350 e. The molecule has 0 aromatic heterocycles. The van der Waals surface area contributed by atoms with E-state index in [4.69, 9.17) is 17.3 Å². The summed E-state index contributed by atoms with van der Waals surface area (Å²) in [4.78, 5) is 37.9. The molecular weight excluding hydrogens is 443 g/mol. The Morgan fingerprint density at radius 1 is 1.33 bits per heavy atom. The Labute approximate surface area is 169 Å². The van der Waals surface area contributed by atoms with Crippen LogP contribution in [-0.4, -0.2) is 35.8 Å². The van der Waals surface area contributed by atoms with Gasteiger partial charge in [-0.2, -0.15) is 0 Å². The molecule has 0 spiro atoms. The number of carbonyl (C=O) groups excluding carboxylic acids is 3. The highest BCUT2D eigenvalue weighted by Crippen LogP contribution is 2.33. The van der Waals surface area contributed by atoms with Gasteiger partial charge in [-0.25, -0.2) is 14.2 Å². The first-order valence-electron chi connectivity index (χ1n) is 8.58. The van der Waals surface area contributed by atoms with E-state index >= 15 is 0 Å². The maximum Gasteiger partial charge on any atom is 0.338 e. The summed E-state index contributed by atoms with van der Waals surface area (Å²) in [6, 6.07) is 1.23. The number of likely N-dealkylation sites (tertiary alicyclic amines) is 1. The van der Waals surface area contributed by atoms with Crippen molar-refractivity contribution in [1.29, 1.82) is 0 Å². The zero-order valence-corrected chi connectivity index (χ0v) is 16.7. The van der Waals surface area contributed by atoms with E-state index < -0.39 is 17.8 Å². The van der Waals surface area contributed by atoms with Gasteiger partial charge < -0.3 is 10.6 Å². The SMILES string of the molecule is NC(=O)N(NC(=O)C[C@@H]1CCN(C(=O)C2CC2)C1)c1cc(Cl)c(Br)cc1F. The third kappa shape index (κ3) is 4.70. The highest BCUT2D eigenvalue weighted by molar-refractivity contribution is 9.10. The topological polar surface area (TPSA) is 95.7 Å².